The van der Waals surface area contributed by atoms with Crippen molar-refractivity contribution in [3.05, 3.63) is 87.4 Å². The molecule has 0 radical (unpaired) electrons. The van der Waals surface area contributed by atoms with Gasteiger partial charge >= 0.3 is 0 Å². The first-order valence-corrected chi connectivity index (χ1v) is 8.64. The average molecular weight is 395 g/mol. The molecule has 0 atom stereocenters. The molecule has 126 valence electrons. The molecule has 0 spiro atoms. The normalized spacial score (nSPS) is 12.2. The number of hydrogen-bond donors (Lipinski definition) is 0. The van der Waals surface area contributed by atoms with E-state index >= 15 is 0 Å². The van der Waals surface area contributed by atoms with E-state index in [1.54, 1.807) is 6.92 Å². The number of rotatable bonds is 6. The summed E-state index contributed by atoms with van der Waals surface area (Å²) in [5.74, 6) is 0. The average Bonchev–Trinajstić information content (AvgIpc) is 2.63. The molecule has 0 aliphatic carbocycles. The third-order valence-electron chi connectivity index (χ3n) is 3.86. The second kappa shape index (κ2) is 9.00. The number of carbonyl (C=O) groups is 1. The fraction of sp³-hybridized carbons (Fsp3) is 0.143. The Morgan fingerprint density at radius 1 is 1.16 bits per heavy atom. The minimum Gasteiger partial charge on any atom is -0.370 e. The third-order valence-corrected chi connectivity index (χ3v) is 4.64. The lowest BCUT2D eigenvalue weighted by molar-refractivity contribution is -0.104. The number of carbonyl (C=O) groups excluding carboxylic acids is 1. The summed E-state index contributed by atoms with van der Waals surface area (Å²) < 4.78 is 1.05. The summed E-state index contributed by atoms with van der Waals surface area (Å²) >= 11 is 3.58. The zero-order valence-corrected chi connectivity index (χ0v) is 15.8. The summed E-state index contributed by atoms with van der Waals surface area (Å²) in [7, 11) is 2.00. The van der Waals surface area contributed by atoms with Crippen LogP contribution in [-0.2, 0) is 11.3 Å². The van der Waals surface area contributed by atoms with Crippen LogP contribution in [0.3, 0.4) is 0 Å². The van der Waals surface area contributed by atoms with Gasteiger partial charge in [-0.3, -0.25) is 4.79 Å². The lowest BCUT2D eigenvalue weighted by Gasteiger charge is -2.24. The SMILES string of the molecule is CC(/C=C(/c1ccccc1)N(C)Cc1ccccc1Br)=C(\C#N)C=O. The van der Waals surface area contributed by atoms with Gasteiger partial charge in [-0.05, 0) is 35.8 Å². The molecular weight excluding hydrogens is 376 g/mol. The monoisotopic (exact) mass is 394 g/mol. The highest BCUT2D eigenvalue weighted by molar-refractivity contribution is 9.10. The number of aldehydes is 1. The van der Waals surface area contributed by atoms with Crippen molar-refractivity contribution in [2.75, 3.05) is 7.05 Å². The molecule has 4 heteroatoms. The van der Waals surface area contributed by atoms with Gasteiger partial charge in [0.1, 0.15) is 6.07 Å². The Bertz CT molecular complexity index is 848. The van der Waals surface area contributed by atoms with E-state index in [2.05, 4.69) is 26.9 Å². The highest BCUT2D eigenvalue weighted by Crippen LogP contribution is 2.25. The summed E-state index contributed by atoms with van der Waals surface area (Å²) in [5.41, 5.74) is 3.92. The van der Waals surface area contributed by atoms with Crippen molar-refractivity contribution in [2.24, 2.45) is 0 Å². The molecule has 2 aromatic rings. The van der Waals surface area contributed by atoms with Gasteiger partial charge in [-0.25, -0.2) is 0 Å². The van der Waals surface area contributed by atoms with Gasteiger partial charge < -0.3 is 4.90 Å². The van der Waals surface area contributed by atoms with Gasteiger partial charge in [0.15, 0.2) is 6.29 Å². The molecule has 25 heavy (non-hydrogen) atoms. The Morgan fingerprint density at radius 3 is 2.40 bits per heavy atom. The summed E-state index contributed by atoms with van der Waals surface area (Å²) in [6.45, 7) is 2.47. The van der Waals surface area contributed by atoms with E-state index in [0.717, 1.165) is 21.3 Å². The van der Waals surface area contributed by atoms with Crippen LogP contribution in [0, 0.1) is 11.3 Å². The summed E-state index contributed by atoms with van der Waals surface area (Å²) in [5, 5.41) is 9.10. The van der Waals surface area contributed by atoms with E-state index in [9.17, 15) is 4.79 Å². The highest BCUT2D eigenvalue weighted by atomic mass is 79.9. The molecule has 0 fully saturated rings. The third kappa shape index (κ3) is 4.91. The standard InChI is InChI=1S/C21H19BrN2O/c1-16(19(13-23)15-25)12-21(17-8-4-3-5-9-17)24(2)14-18-10-6-7-11-20(18)22/h3-12,15H,14H2,1-2H3/b19-16-,21-12-. The van der Waals surface area contributed by atoms with Crippen molar-refractivity contribution in [2.45, 2.75) is 13.5 Å². The van der Waals surface area contributed by atoms with Crippen LogP contribution in [0.4, 0.5) is 0 Å². The van der Waals surface area contributed by atoms with Crippen LogP contribution in [0.15, 0.2) is 76.3 Å². The van der Waals surface area contributed by atoms with E-state index in [4.69, 9.17) is 5.26 Å². The number of halogens is 1. The molecule has 0 aliphatic rings. The Labute approximate surface area is 157 Å². The zero-order chi connectivity index (χ0) is 18.2. The predicted octanol–water partition coefficient (Wildman–Crippen LogP) is 4.96. The van der Waals surface area contributed by atoms with Crippen LogP contribution >= 0.6 is 15.9 Å². The maximum atomic E-state index is 11.1. The Kier molecular flexibility index (Phi) is 6.73. The maximum absolute atomic E-state index is 11.1. The number of benzene rings is 2. The molecule has 0 heterocycles. The van der Waals surface area contributed by atoms with Crippen molar-refractivity contribution in [1.29, 1.82) is 5.26 Å². The maximum Gasteiger partial charge on any atom is 0.160 e. The quantitative estimate of drug-likeness (QED) is 0.301. The number of nitrogens with zero attached hydrogens (tertiary/aromatic N) is 2. The largest absolute Gasteiger partial charge is 0.370 e. The first-order valence-electron chi connectivity index (χ1n) is 7.84. The first kappa shape index (κ1) is 18.7. The smallest absolute Gasteiger partial charge is 0.160 e. The molecule has 0 amide bonds. The van der Waals surface area contributed by atoms with Gasteiger partial charge in [-0.15, -0.1) is 0 Å². The van der Waals surface area contributed by atoms with Crippen LogP contribution in [-0.4, -0.2) is 18.2 Å². The molecule has 0 saturated carbocycles. The minimum absolute atomic E-state index is 0.141. The van der Waals surface area contributed by atoms with Gasteiger partial charge in [-0.2, -0.15) is 5.26 Å². The number of hydrogen-bond acceptors (Lipinski definition) is 3. The lowest BCUT2D eigenvalue weighted by Crippen LogP contribution is -2.17. The fourth-order valence-electron chi connectivity index (χ4n) is 2.48. The number of allylic oxidation sites excluding steroid dienone is 3. The topological polar surface area (TPSA) is 44.1 Å². The summed E-state index contributed by atoms with van der Waals surface area (Å²) in [4.78, 5) is 13.2. The van der Waals surface area contributed by atoms with Gasteiger partial charge in [-0.1, -0.05) is 64.5 Å². The van der Waals surface area contributed by atoms with E-state index in [0.29, 0.717) is 18.4 Å². The van der Waals surface area contributed by atoms with Crippen molar-refractivity contribution in [1.82, 2.24) is 4.90 Å². The van der Waals surface area contributed by atoms with Crippen molar-refractivity contribution in [3.63, 3.8) is 0 Å². The van der Waals surface area contributed by atoms with E-state index in [1.165, 1.54) is 0 Å². The molecule has 2 aromatic carbocycles. The number of nitriles is 1. The van der Waals surface area contributed by atoms with Gasteiger partial charge in [0, 0.05) is 23.8 Å². The Balaban J connectivity index is 2.45. The van der Waals surface area contributed by atoms with Crippen molar-refractivity contribution < 1.29 is 4.79 Å². The predicted molar refractivity (Wildman–Crippen MR) is 104 cm³/mol. The first-order chi connectivity index (χ1) is 12.1. The van der Waals surface area contributed by atoms with E-state index in [-0.39, 0.29) is 5.57 Å². The Morgan fingerprint density at radius 2 is 1.80 bits per heavy atom. The van der Waals surface area contributed by atoms with Crippen LogP contribution in [0.1, 0.15) is 18.1 Å². The Hall–Kier alpha value is -2.64. The van der Waals surface area contributed by atoms with Crippen LogP contribution in [0.5, 0.6) is 0 Å². The molecule has 0 aromatic heterocycles. The summed E-state index contributed by atoms with van der Waals surface area (Å²) in [6.07, 6.45) is 2.49. The van der Waals surface area contributed by atoms with Gasteiger partial charge in [0.05, 0.1) is 5.57 Å². The molecule has 2 rings (SSSR count). The van der Waals surface area contributed by atoms with E-state index in [1.807, 2.05) is 67.7 Å². The molecule has 0 N–H and O–H groups in total. The van der Waals surface area contributed by atoms with Crippen LogP contribution < -0.4 is 0 Å². The summed E-state index contributed by atoms with van der Waals surface area (Å²) in [6, 6.07) is 20.0. The molecule has 3 nitrogen and oxygen atoms in total. The van der Waals surface area contributed by atoms with Crippen LogP contribution in [0.25, 0.3) is 5.70 Å². The fourth-order valence-corrected chi connectivity index (χ4v) is 2.89. The lowest BCUT2D eigenvalue weighted by atomic mass is 10.0. The van der Waals surface area contributed by atoms with Crippen LogP contribution in [0.2, 0.25) is 0 Å². The second-order valence-electron chi connectivity index (χ2n) is 5.67. The van der Waals surface area contributed by atoms with Crippen molar-refractivity contribution >= 4 is 27.9 Å². The van der Waals surface area contributed by atoms with E-state index < -0.39 is 0 Å². The molecule has 0 saturated heterocycles. The molecule has 0 unspecified atom stereocenters. The molecule has 0 bridgehead atoms. The minimum atomic E-state index is 0.141. The van der Waals surface area contributed by atoms with Crippen molar-refractivity contribution in [3.8, 4) is 6.07 Å². The highest BCUT2D eigenvalue weighted by Gasteiger charge is 2.11. The zero-order valence-electron chi connectivity index (χ0n) is 14.2. The molecular formula is C21H19BrN2O. The molecule has 0 aliphatic heterocycles. The second-order valence-corrected chi connectivity index (χ2v) is 6.52. The van der Waals surface area contributed by atoms with Gasteiger partial charge in [0.2, 0.25) is 0 Å². The van der Waals surface area contributed by atoms with Gasteiger partial charge in [0.25, 0.3) is 0 Å².